The summed E-state index contributed by atoms with van der Waals surface area (Å²) in [6, 6.07) is 19.4. The van der Waals surface area contributed by atoms with Gasteiger partial charge in [0.1, 0.15) is 0 Å². The molecule has 132 valence electrons. The summed E-state index contributed by atoms with van der Waals surface area (Å²) >= 11 is 1.44. The molecule has 0 fully saturated rings. The first-order chi connectivity index (χ1) is 13.2. The van der Waals surface area contributed by atoms with Crippen LogP contribution < -0.4 is 10.1 Å². The molecule has 1 N–H and O–H groups in total. The number of methoxy groups -OCH3 is 1. The smallest absolute Gasteiger partial charge is 0.293 e. The standard InChI is InChI=1S/C21H14N2O3S/c1-25-15-8-4-6-13-11-16(26-19(13)15)20(24)23-21-22-18-14-7-3-2-5-12(14)9-10-17(18)27-21/h2-11H,1H3,(H,22,23,24). The Hall–Kier alpha value is -3.38. The number of furan rings is 1. The monoisotopic (exact) mass is 374 g/mol. The molecule has 0 unspecified atom stereocenters. The van der Waals surface area contributed by atoms with Crippen molar-refractivity contribution in [2.75, 3.05) is 12.4 Å². The van der Waals surface area contributed by atoms with Gasteiger partial charge in [-0.25, -0.2) is 4.98 Å². The van der Waals surface area contributed by atoms with Crippen LogP contribution in [-0.4, -0.2) is 18.0 Å². The van der Waals surface area contributed by atoms with Crippen molar-refractivity contribution in [3.63, 3.8) is 0 Å². The predicted molar refractivity (Wildman–Crippen MR) is 108 cm³/mol. The molecule has 0 aliphatic carbocycles. The molecule has 5 nitrogen and oxygen atoms in total. The van der Waals surface area contributed by atoms with Crippen LogP contribution in [0.25, 0.3) is 32.0 Å². The molecule has 0 saturated carbocycles. The van der Waals surface area contributed by atoms with E-state index in [0.717, 1.165) is 26.4 Å². The molecule has 27 heavy (non-hydrogen) atoms. The molecule has 0 atom stereocenters. The third kappa shape index (κ3) is 2.62. The molecule has 0 radical (unpaired) electrons. The summed E-state index contributed by atoms with van der Waals surface area (Å²) in [6.07, 6.45) is 0. The number of rotatable bonds is 3. The number of nitrogens with one attached hydrogen (secondary N) is 1. The van der Waals surface area contributed by atoms with E-state index in [2.05, 4.69) is 16.4 Å². The maximum Gasteiger partial charge on any atom is 0.293 e. The molecule has 0 saturated heterocycles. The largest absolute Gasteiger partial charge is 0.493 e. The summed E-state index contributed by atoms with van der Waals surface area (Å²) in [6.45, 7) is 0. The van der Waals surface area contributed by atoms with Gasteiger partial charge >= 0.3 is 0 Å². The molecular formula is C21H14N2O3S. The molecule has 0 spiro atoms. The van der Waals surface area contributed by atoms with E-state index in [4.69, 9.17) is 9.15 Å². The van der Waals surface area contributed by atoms with Crippen molar-refractivity contribution in [2.45, 2.75) is 0 Å². The van der Waals surface area contributed by atoms with Crippen molar-refractivity contribution < 1.29 is 13.9 Å². The second-order valence-electron chi connectivity index (χ2n) is 6.10. The lowest BCUT2D eigenvalue weighted by molar-refractivity contribution is 0.0998. The van der Waals surface area contributed by atoms with Crippen LogP contribution in [0.3, 0.4) is 0 Å². The van der Waals surface area contributed by atoms with Crippen molar-refractivity contribution in [3.8, 4) is 5.75 Å². The van der Waals surface area contributed by atoms with E-state index < -0.39 is 0 Å². The fourth-order valence-electron chi connectivity index (χ4n) is 3.18. The number of carbonyl (C=O) groups is 1. The van der Waals surface area contributed by atoms with E-state index in [-0.39, 0.29) is 11.7 Å². The fraction of sp³-hybridized carbons (Fsp3) is 0.0476. The number of carbonyl (C=O) groups excluding carboxylic acids is 1. The maximum atomic E-state index is 12.6. The lowest BCUT2D eigenvalue weighted by Gasteiger charge is -1.99. The number of hydrogen-bond acceptors (Lipinski definition) is 5. The Morgan fingerprint density at radius 2 is 1.93 bits per heavy atom. The van der Waals surface area contributed by atoms with Crippen LogP contribution in [-0.2, 0) is 0 Å². The Morgan fingerprint density at radius 3 is 2.81 bits per heavy atom. The average Bonchev–Trinajstić information content (AvgIpc) is 3.31. The summed E-state index contributed by atoms with van der Waals surface area (Å²) in [5.41, 5.74) is 1.44. The Labute approximate surface area is 158 Å². The second-order valence-corrected chi connectivity index (χ2v) is 7.13. The van der Waals surface area contributed by atoms with Crippen molar-refractivity contribution in [2.24, 2.45) is 0 Å². The number of amides is 1. The molecule has 0 aliphatic rings. The molecule has 0 aliphatic heterocycles. The predicted octanol–water partition coefficient (Wildman–Crippen LogP) is 5.46. The van der Waals surface area contributed by atoms with Crippen LogP contribution in [0.5, 0.6) is 5.75 Å². The maximum absolute atomic E-state index is 12.6. The first-order valence-corrected chi connectivity index (χ1v) is 9.21. The van der Waals surface area contributed by atoms with Gasteiger partial charge in [0.2, 0.25) is 0 Å². The third-order valence-corrected chi connectivity index (χ3v) is 5.39. The lowest BCUT2D eigenvalue weighted by atomic mass is 10.1. The van der Waals surface area contributed by atoms with Crippen LogP contribution in [0.1, 0.15) is 10.6 Å². The van der Waals surface area contributed by atoms with Gasteiger partial charge in [0, 0.05) is 10.8 Å². The van der Waals surface area contributed by atoms with Crippen LogP contribution >= 0.6 is 11.3 Å². The third-order valence-electron chi connectivity index (χ3n) is 4.46. The Balaban J connectivity index is 1.51. The van der Waals surface area contributed by atoms with Crippen molar-refractivity contribution in [3.05, 3.63) is 66.4 Å². The average molecular weight is 374 g/mol. The van der Waals surface area contributed by atoms with Crippen LogP contribution in [0.15, 0.2) is 65.1 Å². The topological polar surface area (TPSA) is 64.4 Å². The SMILES string of the molecule is COc1cccc2cc(C(=O)Nc3nc4c(ccc5ccccc54)s3)oc12. The minimum Gasteiger partial charge on any atom is -0.493 e. The number of nitrogens with zero attached hydrogens (tertiary/aromatic N) is 1. The van der Waals surface area contributed by atoms with E-state index in [1.807, 2.05) is 42.5 Å². The number of ether oxygens (including phenoxy) is 1. The molecule has 0 bridgehead atoms. The van der Waals surface area contributed by atoms with E-state index in [0.29, 0.717) is 16.5 Å². The normalized spacial score (nSPS) is 11.3. The van der Waals surface area contributed by atoms with E-state index in [1.54, 1.807) is 19.2 Å². The van der Waals surface area contributed by atoms with E-state index in [9.17, 15) is 4.79 Å². The van der Waals surface area contributed by atoms with Gasteiger partial charge < -0.3 is 9.15 Å². The summed E-state index contributed by atoms with van der Waals surface area (Å²) in [4.78, 5) is 17.3. The van der Waals surface area contributed by atoms with E-state index in [1.165, 1.54) is 11.3 Å². The summed E-state index contributed by atoms with van der Waals surface area (Å²) in [5, 5.41) is 6.39. The van der Waals surface area contributed by atoms with Crippen molar-refractivity contribution in [1.29, 1.82) is 0 Å². The van der Waals surface area contributed by atoms with Gasteiger partial charge in [-0.05, 0) is 23.6 Å². The lowest BCUT2D eigenvalue weighted by Crippen LogP contribution is -2.10. The summed E-state index contributed by atoms with van der Waals surface area (Å²) in [5.74, 6) is 0.480. The highest BCUT2D eigenvalue weighted by atomic mass is 32.1. The minimum absolute atomic E-state index is 0.221. The van der Waals surface area contributed by atoms with Gasteiger partial charge in [-0.1, -0.05) is 53.8 Å². The van der Waals surface area contributed by atoms with Gasteiger partial charge in [-0.3, -0.25) is 10.1 Å². The zero-order valence-electron chi connectivity index (χ0n) is 14.4. The number of fused-ring (bicyclic) bond motifs is 4. The Kier molecular flexibility index (Phi) is 3.58. The second kappa shape index (κ2) is 6.10. The number of para-hydroxylation sites is 1. The molecule has 6 heteroatoms. The van der Waals surface area contributed by atoms with Crippen molar-refractivity contribution >= 4 is 54.3 Å². The number of anilines is 1. The van der Waals surface area contributed by atoms with Gasteiger partial charge in [-0.2, -0.15) is 0 Å². The Bertz CT molecular complexity index is 1320. The molecule has 1 amide bonds. The molecule has 5 aromatic rings. The minimum atomic E-state index is -0.336. The number of aromatic nitrogens is 1. The molecular weight excluding hydrogens is 360 g/mol. The molecule has 3 aromatic carbocycles. The summed E-state index contributed by atoms with van der Waals surface area (Å²) in [7, 11) is 1.57. The number of benzene rings is 3. The highest BCUT2D eigenvalue weighted by Crippen LogP contribution is 2.33. The molecule has 5 rings (SSSR count). The highest BCUT2D eigenvalue weighted by molar-refractivity contribution is 7.22. The zero-order chi connectivity index (χ0) is 18.4. The van der Waals surface area contributed by atoms with Gasteiger partial charge in [0.25, 0.3) is 5.91 Å². The molecule has 2 aromatic heterocycles. The molecule has 2 heterocycles. The van der Waals surface area contributed by atoms with Gasteiger partial charge in [0.15, 0.2) is 22.2 Å². The Morgan fingerprint density at radius 1 is 1.07 bits per heavy atom. The van der Waals surface area contributed by atoms with Gasteiger partial charge in [0.05, 0.1) is 17.3 Å². The first-order valence-electron chi connectivity index (χ1n) is 8.39. The highest BCUT2D eigenvalue weighted by Gasteiger charge is 2.17. The number of thiazole rings is 1. The van der Waals surface area contributed by atoms with Crippen molar-refractivity contribution in [1.82, 2.24) is 4.98 Å². The van der Waals surface area contributed by atoms with Gasteiger partial charge in [-0.15, -0.1) is 0 Å². The number of hydrogen-bond donors (Lipinski definition) is 1. The summed E-state index contributed by atoms with van der Waals surface area (Å²) < 4.78 is 12.0. The van der Waals surface area contributed by atoms with E-state index >= 15 is 0 Å². The zero-order valence-corrected chi connectivity index (χ0v) is 15.2. The quantitative estimate of drug-likeness (QED) is 0.456. The first kappa shape index (κ1) is 15.8. The van der Waals surface area contributed by atoms with Crippen LogP contribution in [0.2, 0.25) is 0 Å². The fourth-order valence-corrected chi connectivity index (χ4v) is 4.06. The van der Waals surface area contributed by atoms with Crippen LogP contribution in [0.4, 0.5) is 5.13 Å². The van der Waals surface area contributed by atoms with Crippen LogP contribution in [0, 0.1) is 0 Å².